The minimum absolute atomic E-state index is 0.0540. The topological polar surface area (TPSA) is 44.8 Å². The molecule has 1 heterocycles. The third-order valence-corrected chi connectivity index (χ3v) is 3.02. The maximum Gasteiger partial charge on any atom is 0.240 e. The van der Waals surface area contributed by atoms with Gasteiger partial charge in [0.2, 0.25) is 5.91 Å². The largest absolute Gasteiger partial charge is 0.378 e. The Morgan fingerprint density at radius 3 is 2.71 bits per heavy atom. The molecule has 5 heteroatoms. The molecule has 1 rings (SSSR count). The summed E-state index contributed by atoms with van der Waals surface area (Å²) < 4.78 is 5.52. The van der Waals surface area contributed by atoms with Crippen LogP contribution in [-0.2, 0) is 9.53 Å². The number of nitrogens with one attached hydrogen (secondary N) is 1. The number of hydrogen-bond acceptors (Lipinski definition) is 4. The highest BCUT2D eigenvalue weighted by atomic mass is 16.5. The summed E-state index contributed by atoms with van der Waals surface area (Å²) in [5, 5.41) is 3.28. The van der Waals surface area contributed by atoms with Crippen molar-refractivity contribution >= 4 is 5.91 Å². The minimum Gasteiger partial charge on any atom is -0.378 e. The van der Waals surface area contributed by atoms with Gasteiger partial charge in [0.25, 0.3) is 0 Å². The molecular weight excluding hydrogens is 218 g/mol. The first-order valence-corrected chi connectivity index (χ1v) is 6.35. The lowest BCUT2D eigenvalue weighted by Crippen LogP contribution is -2.39. The zero-order chi connectivity index (χ0) is 12.8. The molecule has 0 aliphatic carbocycles. The molecule has 0 aromatic carbocycles. The molecule has 2 unspecified atom stereocenters. The number of likely N-dealkylation sites (N-methyl/N-ethyl adjacent to an activating group) is 1. The van der Waals surface area contributed by atoms with E-state index in [1.165, 1.54) is 0 Å². The highest BCUT2D eigenvalue weighted by molar-refractivity contribution is 5.83. The molecule has 0 aromatic heterocycles. The second-order valence-electron chi connectivity index (χ2n) is 4.76. The van der Waals surface area contributed by atoms with E-state index in [2.05, 4.69) is 17.1 Å². The van der Waals surface area contributed by atoms with Crippen LogP contribution in [0.25, 0.3) is 0 Å². The van der Waals surface area contributed by atoms with Gasteiger partial charge < -0.3 is 14.5 Å². The smallest absolute Gasteiger partial charge is 0.240 e. The highest BCUT2D eigenvalue weighted by Gasteiger charge is 2.34. The van der Waals surface area contributed by atoms with Gasteiger partial charge >= 0.3 is 0 Å². The number of amides is 1. The monoisotopic (exact) mass is 243 g/mol. The van der Waals surface area contributed by atoms with Gasteiger partial charge in [0.15, 0.2) is 0 Å². The van der Waals surface area contributed by atoms with Crippen LogP contribution in [0.4, 0.5) is 0 Å². The van der Waals surface area contributed by atoms with Crippen molar-refractivity contribution in [3.05, 3.63) is 0 Å². The van der Waals surface area contributed by atoms with Gasteiger partial charge in [0.1, 0.15) is 0 Å². The number of hydrogen-bond donors (Lipinski definition) is 1. The van der Waals surface area contributed by atoms with Crippen molar-refractivity contribution in [3.8, 4) is 0 Å². The van der Waals surface area contributed by atoms with E-state index in [-0.39, 0.29) is 18.1 Å². The van der Waals surface area contributed by atoms with Gasteiger partial charge in [-0.1, -0.05) is 6.92 Å². The Morgan fingerprint density at radius 1 is 1.41 bits per heavy atom. The molecule has 1 saturated heterocycles. The Hall–Kier alpha value is -0.650. The Kier molecular flexibility index (Phi) is 5.88. The molecule has 1 N–H and O–H groups in total. The molecule has 5 nitrogen and oxygen atoms in total. The summed E-state index contributed by atoms with van der Waals surface area (Å²) in [6.45, 7) is 6.93. The third-order valence-electron chi connectivity index (χ3n) is 3.02. The van der Waals surface area contributed by atoms with Crippen molar-refractivity contribution in [2.24, 2.45) is 0 Å². The van der Waals surface area contributed by atoms with Crippen LogP contribution in [0.15, 0.2) is 0 Å². The number of ether oxygens (including phenoxy) is 1. The first kappa shape index (κ1) is 14.4. The maximum absolute atomic E-state index is 11.8. The molecule has 2 atom stereocenters. The van der Waals surface area contributed by atoms with Crippen LogP contribution in [0.5, 0.6) is 0 Å². The standard InChI is InChI=1S/C12H25N3O2/c1-5-11-13-10(2)12(16)15(11)7-9-17-8-6-14(3)4/h10-11,13H,5-9H2,1-4H3. The van der Waals surface area contributed by atoms with Crippen LogP contribution in [-0.4, -0.2) is 68.3 Å². The molecule has 0 radical (unpaired) electrons. The Balaban J connectivity index is 2.23. The van der Waals surface area contributed by atoms with E-state index in [9.17, 15) is 4.79 Å². The lowest BCUT2D eigenvalue weighted by Gasteiger charge is -2.23. The van der Waals surface area contributed by atoms with Crippen molar-refractivity contribution in [2.75, 3.05) is 40.4 Å². The van der Waals surface area contributed by atoms with Crippen molar-refractivity contribution in [1.82, 2.24) is 15.1 Å². The molecule has 0 saturated carbocycles. The Bertz CT molecular complexity index is 246. The summed E-state index contributed by atoms with van der Waals surface area (Å²) in [5.74, 6) is 0.188. The average Bonchev–Trinajstić information content (AvgIpc) is 2.55. The van der Waals surface area contributed by atoms with Crippen molar-refractivity contribution in [3.63, 3.8) is 0 Å². The van der Waals surface area contributed by atoms with E-state index in [1.807, 2.05) is 25.9 Å². The quantitative estimate of drug-likeness (QED) is 0.645. The lowest BCUT2D eigenvalue weighted by atomic mass is 10.3. The van der Waals surface area contributed by atoms with E-state index in [0.717, 1.165) is 19.6 Å². The van der Waals surface area contributed by atoms with Crippen LogP contribution in [0.1, 0.15) is 20.3 Å². The molecule has 17 heavy (non-hydrogen) atoms. The van der Waals surface area contributed by atoms with E-state index >= 15 is 0 Å². The van der Waals surface area contributed by atoms with Crippen LogP contribution < -0.4 is 5.32 Å². The third kappa shape index (κ3) is 4.26. The van der Waals surface area contributed by atoms with Gasteiger partial charge in [0, 0.05) is 13.1 Å². The van der Waals surface area contributed by atoms with Crippen LogP contribution >= 0.6 is 0 Å². The predicted molar refractivity (Wildman–Crippen MR) is 67.8 cm³/mol. The average molecular weight is 243 g/mol. The fourth-order valence-electron chi connectivity index (χ4n) is 1.97. The van der Waals surface area contributed by atoms with Gasteiger partial charge in [-0.15, -0.1) is 0 Å². The number of carbonyl (C=O) groups is 1. The first-order chi connectivity index (χ1) is 8.06. The lowest BCUT2D eigenvalue weighted by molar-refractivity contribution is -0.130. The van der Waals surface area contributed by atoms with E-state index in [1.54, 1.807) is 0 Å². The highest BCUT2D eigenvalue weighted by Crippen LogP contribution is 2.12. The Labute approximate surface area is 104 Å². The summed E-state index contributed by atoms with van der Waals surface area (Å²) in [6, 6.07) is -0.0540. The predicted octanol–water partition coefficient (Wildman–Crippen LogP) is 0.121. The van der Waals surface area contributed by atoms with Gasteiger partial charge in [0.05, 0.1) is 25.4 Å². The fourth-order valence-corrected chi connectivity index (χ4v) is 1.97. The molecule has 100 valence electrons. The van der Waals surface area contributed by atoms with Gasteiger partial charge in [-0.3, -0.25) is 10.1 Å². The molecule has 0 spiro atoms. The fraction of sp³-hybridized carbons (Fsp3) is 0.917. The molecule has 0 aromatic rings. The van der Waals surface area contributed by atoms with E-state index in [0.29, 0.717) is 13.2 Å². The van der Waals surface area contributed by atoms with Gasteiger partial charge in [-0.25, -0.2) is 0 Å². The van der Waals surface area contributed by atoms with Crippen LogP contribution in [0.2, 0.25) is 0 Å². The number of carbonyl (C=O) groups excluding carboxylic acids is 1. The first-order valence-electron chi connectivity index (χ1n) is 6.35. The van der Waals surface area contributed by atoms with E-state index < -0.39 is 0 Å². The summed E-state index contributed by atoms with van der Waals surface area (Å²) >= 11 is 0. The molecular formula is C12H25N3O2. The summed E-state index contributed by atoms with van der Waals surface area (Å²) in [4.78, 5) is 15.8. The second kappa shape index (κ2) is 6.93. The summed E-state index contributed by atoms with van der Waals surface area (Å²) in [5.41, 5.74) is 0. The van der Waals surface area contributed by atoms with Crippen LogP contribution in [0, 0.1) is 0 Å². The second-order valence-corrected chi connectivity index (χ2v) is 4.76. The molecule has 1 amide bonds. The van der Waals surface area contributed by atoms with E-state index in [4.69, 9.17) is 4.74 Å². The Morgan fingerprint density at radius 2 is 2.12 bits per heavy atom. The van der Waals surface area contributed by atoms with Crippen molar-refractivity contribution in [2.45, 2.75) is 32.5 Å². The van der Waals surface area contributed by atoms with Crippen LogP contribution in [0.3, 0.4) is 0 Å². The molecule has 1 fully saturated rings. The molecule has 1 aliphatic rings. The summed E-state index contributed by atoms with van der Waals surface area (Å²) in [6.07, 6.45) is 1.11. The van der Waals surface area contributed by atoms with Gasteiger partial charge in [-0.2, -0.15) is 0 Å². The SMILES string of the molecule is CCC1NC(C)C(=O)N1CCOCCN(C)C. The zero-order valence-electron chi connectivity index (χ0n) is 11.4. The maximum atomic E-state index is 11.8. The number of rotatable bonds is 7. The minimum atomic E-state index is -0.0540. The zero-order valence-corrected chi connectivity index (χ0v) is 11.4. The van der Waals surface area contributed by atoms with Crippen molar-refractivity contribution < 1.29 is 9.53 Å². The molecule has 0 bridgehead atoms. The number of nitrogens with zero attached hydrogens (tertiary/aromatic N) is 2. The summed E-state index contributed by atoms with van der Waals surface area (Å²) in [7, 11) is 4.04. The molecule has 1 aliphatic heterocycles. The van der Waals surface area contributed by atoms with Gasteiger partial charge in [-0.05, 0) is 27.4 Å². The van der Waals surface area contributed by atoms with Crippen molar-refractivity contribution in [1.29, 1.82) is 0 Å². The normalized spacial score (nSPS) is 25.0.